The van der Waals surface area contributed by atoms with Crippen molar-refractivity contribution in [1.29, 1.82) is 5.26 Å². The maximum atomic E-state index is 10.9. The first-order chi connectivity index (χ1) is 14.4. The first kappa shape index (κ1) is 19.2. The van der Waals surface area contributed by atoms with Crippen LogP contribution in [0.3, 0.4) is 0 Å². The van der Waals surface area contributed by atoms with Crippen molar-refractivity contribution in [3.63, 3.8) is 0 Å². The van der Waals surface area contributed by atoms with Crippen molar-refractivity contribution in [2.75, 3.05) is 0 Å². The summed E-state index contributed by atoms with van der Waals surface area (Å²) in [4.78, 5) is 18.3. The Morgan fingerprint density at radius 2 is 1.90 bits per heavy atom. The van der Waals surface area contributed by atoms with Gasteiger partial charge in [-0.3, -0.25) is 10.1 Å². The molecule has 4 rings (SSSR count). The number of nitriles is 1. The number of hydrogen-bond acceptors (Lipinski definition) is 4. The van der Waals surface area contributed by atoms with Gasteiger partial charge in [0.15, 0.2) is 0 Å². The summed E-state index contributed by atoms with van der Waals surface area (Å²) in [5, 5.41) is 20.6. The van der Waals surface area contributed by atoms with Crippen LogP contribution in [0.15, 0.2) is 48.5 Å². The van der Waals surface area contributed by atoms with E-state index in [1.54, 1.807) is 12.1 Å². The van der Waals surface area contributed by atoms with Crippen molar-refractivity contribution >= 4 is 28.4 Å². The van der Waals surface area contributed by atoms with Crippen LogP contribution in [0.1, 0.15) is 28.3 Å². The average molecular weight is 397 g/mol. The fourth-order valence-electron chi connectivity index (χ4n) is 3.61. The van der Waals surface area contributed by atoms with Crippen LogP contribution in [0.25, 0.3) is 28.4 Å². The van der Waals surface area contributed by atoms with Crippen LogP contribution in [0, 0.1) is 42.2 Å². The number of benzene rings is 2. The minimum absolute atomic E-state index is 0.0493. The van der Waals surface area contributed by atoms with Gasteiger partial charge in [-0.2, -0.15) is 5.26 Å². The van der Waals surface area contributed by atoms with Gasteiger partial charge in [-0.25, -0.2) is 4.98 Å². The van der Waals surface area contributed by atoms with Crippen molar-refractivity contribution in [3.05, 3.63) is 87.0 Å². The molecule has 0 atom stereocenters. The summed E-state index contributed by atoms with van der Waals surface area (Å²) in [5.41, 5.74) is 6.92. The van der Waals surface area contributed by atoms with E-state index < -0.39 is 4.92 Å². The number of imidazole rings is 1. The maximum Gasteiger partial charge on any atom is 0.269 e. The highest BCUT2D eigenvalue weighted by Crippen LogP contribution is 2.26. The molecule has 0 unspecified atom stereocenters. The van der Waals surface area contributed by atoms with E-state index in [4.69, 9.17) is 0 Å². The van der Waals surface area contributed by atoms with Gasteiger partial charge in [0.05, 0.1) is 21.5 Å². The van der Waals surface area contributed by atoms with Gasteiger partial charge in [-0.1, -0.05) is 6.07 Å². The number of aryl methyl sites for hydroxylation is 2. The predicted molar refractivity (Wildman–Crippen MR) is 116 cm³/mol. The molecular weight excluding hydrogens is 378 g/mol. The summed E-state index contributed by atoms with van der Waals surface area (Å²) in [6.45, 7) is 5.92. The van der Waals surface area contributed by atoms with E-state index in [2.05, 4.69) is 16.0 Å². The Morgan fingerprint density at radius 1 is 1.17 bits per heavy atom. The lowest BCUT2D eigenvalue weighted by molar-refractivity contribution is -0.384. The molecule has 148 valence electrons. The van der Waals surface area contributed by atoms with Crippen molar-refractivity contribution in [3.8, 4) is 11.8 Å². The molecule has 7 nitrogen and oxygen atoms in total. The second-order valence-corrected chi connectivity index (χ2v) is 7.21. The molecule has 0 spiro atoms. The third-order valence-electron chi connectivity index (χ3n) is 5.10. The Bertz CT molecular complexity index is 1350. The fraction of sp³-hybridized carbons (Fsp3) is 0.130. The van der Waals surface area contributed by atoms with Crippen LogP contribution in [-0.4, -0.2) is 19.5 Å². The third-order valence-corrected chi connectivity index (χ3v) is 5.10. The van der Waals surface area contributed by atoms with Gasteiger partial charge >= 0.3 is 0 Å². The lowest BCUT2D eigenvalue weighted by atomic mass is 10.1. The van der Waals surface area contributed by atoms with Crippen LogP contribution in [-0.2, 0) is 0 Å². The number of non-ortho nitro benzene ring substituents is 1. The molecule has 0 saturated heterocycles. The van der Waals surface area contributed by atoms with Crippen LogP contribution in [0.5, 0.6) is 0 Å². The highest BCUT2D eigenvalue weighted by molar-refractivity contribution is 5.91. The minimum Gasteiger partial charge on any atom is -0.337 e. The maximum absolute atomic E-state index is 10.9. The van der Waals surface area contributed by atoms with Crippen LogP contribution in [0.2, 0.25) is 0 Å². The van der Waals surface area contributed by atoms with Gasteiger partial charge in [0.2, 0.25) is 0 Å². The van der Waals surface area contributed by atoms with Crippen LogP contribution in [0.4, 0.5) is 5.69 Å². The quantitative estimate of drug-likeness (QED) is 0.289. The zero-order valence-electron chi connectivity index (χ0n) is 16.8. The lowest BCUT2D eigenvalue weighted by Crippen LogP contribution is -1.99. The molecule has 1 N–H and O–H groups in total. The molecule has 30 heavy (non-hydrogen) atoms. The first-order valence-electron chi connectivity index (χ1n) is 9.39. The van der Waals surface area contributed by atoms with E-state index in [1.807, 2.05) is 55.7 Å². The molecule has 7 heteroatoms. The molecule has 0 fully saturated rings. The number of hydrogen-bond donors (Lipinski definition) is 1. The summed E-state index contributed by atoms with van der Waals surface area (Å²) in [7, 11) is 0. The number of nitro groups is 1. The lowest BCUT2D eigenvalue weighted by Gasteiger charge is -2.09. The number of aromatic amines is 1. The van der Waals surface area contributed by atoms with E-state index in [9.17, 15) is 15.4 Å². The monoisotopic (exact) mass is 397 g/mol. The highest BCUT2D eigenvalue weighted by Gasteiger charge is 2.14. The van der Waals surface area contributed by atoms with Crippen molar-refractivity contribution in [2.24, 2.45) is 0 Å². The fourth-order valence-corrected chi connectivity index (χ4v) is 3.61. The molecule has 4 aromatic rings. The standard InChI is InChI=1S/C23H19N5O2/c1-14-4-9-21-22(10-14)26-23(25-21)18(13-24)12-17-11-15(2)27(16(17)3)19-5-7-20(8-6-19)28(29)30/h4-12H,1-3H3,(H,25,26)/b18-12+. The van der Waals surface area contributed by atoms with Crippen molar-refractivity contribution in [1.82, 2.24) is 14.5 Å². The Balaban J connectivity index is 1.76. The third kappa shape index (κ3) is 3.35. The van der Waals surface area contributed by atoms with E-state index in [0.717, 1.165) is 39.2 Å². The largest absolute Gasteiger partial charge is 0.337 e. The molecule has 2 aromatic heterocycles. The average Bonchev–Trinajstić information content (AvgIpc) is 3.26. The molecule has 0 saturated carbocycles. The molecule has 2 aromatic carbocycles. The van der Waals surface area contributed by atoms with Crippen molar-refractivity contribution < 1.29 is 4.92 Å². The normalized spacial score (nSPS) is 11.6. The molecule has 0 bridgehead atoms. The number of rotatable bonds is 4. The summed E-state index contributed by atoms with van der Waals surface area (Å²) in [6.07, 6.45) is 1.81. The van der Waals surface area contributed by atoms with Gasteiger partial charge in [0.25, 0.3) is 5.69 Å². The molecule has 0 radical (unpaired) electrons. The second kappa shape index (κ2) is 7.33. The van der Waals surface area contributed by atoms with E-state index in [1.165, 1.54) is 12.1 Å². The van der Waals surface area contributed by atoms with Gasteiger partial charge in [-0.05, 0) is 68.3 Å². The highest BCUT2D eigenvalue weighted by atomic mass is 16.6. The van der Waals surface area contributed by atoms with Gasteiger partial charge in [0.1, 0.15) is 11.9 Å². The number of aromatic nitrogens is 3. The van der Waals surface area contributed by atoms with E-state index in [-0.39, 0.29) is 5.69 Å². The number of nitro benzene ring substituents is 1. The number of allylic oxidation sites excluding steroid dienone is 1. The van der Waals surface area contributed by atoms with E-state index >= 15 is 0 Å². The number of H-pyrrole nitrogens is 1. The summed E-state index contributed by atoms with van der Waals surface area (Å²) in [5.74, 6) is 0.526. The molecule has 0 aliphatic heterocycles. The second-order valence-electron chi connectivity index (χ2n) is 7.21. The van der Waals surface area contributed by atoms with Gasteiger partial charge in [-0.15, -0.1) is 0 Å². The Hall–Kier alpha value is -4.18. The zero-order valence-corrected chi connectivity index (χ0v) is 16.8. The minimum atomic E-state index is -0.415. The zero-order chi connectivity index (χ0) is 21.4. The van der Waals surface area contributed by atoms with Gasteiger partial charge < -0.3 is 9.55 Å². The van der Waals surface area contributed by atoms with Crippen LogP contribution >= 0.6 is 0 Å². The molecule has 0 aliphatic carbocycles. The Kier molecular flexibility index (Phi) is 4.68. The summed E-state index contributed by atoms with van der Waals surface area (Å²) < 4.78 is 2.01. The van der Waals surface area contributed by atoms with Crippen LogP contribution < -0.4 is 0 Å². The number of nitrogens with zero attached hydrogens (tertiary/aromatic N) is 4. The topological polar surface area (TPSA) is 101 Å². The summed E-state index contributed by atoms with van der Waals surface area (Å²) >= 11 is 0. The summed E-state index contributed by atoms with van der Waals surface area (Å²) in [6, 6.07) is 16.6. The smallest absolute Gasteiger partial charge is 0.269 e. The van der Waals surface area contributed by atoms with Gasteiger partial charge in [0, 0.05) is 29.2 Å². The first-order valence-corrected chi connectivity index (χ1v) is 9.39. The Labute approximate surface area is 173 Å². The SMILES string of the molecule is Cc1ccc2nc(/C(C#N)=C/c3cc(C)n(-c4ccc([N+](=O)[O-])cc4)c3C)[nH]c2c1. The molecule has 0 amide bonds. The molecular formula is C23H19N5O2. The number of fused-ring (bicyclic) bond motifs is 1. The predicted octanol–water partition coefficient (Wildman–Crippen LogP) is 5.25. The van der Waals surface area contributed by atoms with Crippen molar-refractivity contribution in [2.45, 2.75) is 20.8 Å². The molecule has 2 heterocycles. The number of nitrogens with one attached hydrogen (secondary N) is 1. The Morgan fingerprint density at radius 3 is 2.57 bits per heavy atom. The molecule has 0 aliphatic rings. The van der Waals surface area contributed by atoms with E-state index in [0.29, 0.717) is 11.4 Å².